The number of imide groups is 1. The van der Waals surface area contributed by atoms with Crippen LogP contribution in [0.1, 0.15) is 37.3 Å². The van der Waals surface area contributed by atoms with E-state index >= 15 is 0 Å². The molecule has 2 aromatic rings. The maximum absolute atomic E-state index is 12.6. The van der Waals surface area contributed by atoms with E-state index in [1.165, 1.54) is 9.13 Å². The number of carbonyl (C=O) groups is 2. The first-order valence-electron chi connectivity index (χ1n) is 8.17. The number of nitrogens with zero attached hydrogens (tertiary/aromatic N) is 2. The number of piperidine rings is 1. The monoisotopic (exact) mass is 331 g/mol. The highest BCUT2D eigenvalue weighted by molar-refractivity contribution is 6.00. The third-order valence-corrected chi connectivity index (χ3v) is 4.55. The molecular weight excluding hydrogens is 310 g/mol. The highest BCUT2D eigenvalue weighted by Crippen LogP contribution is 2.24. The number of aryl methyl sites for hydroxylation is 2. The van der Waals surface area contributed by atoms with Crippen LogP contribution in [0.25, 0.3) is 11.0 Å². The molecule has 1 saturated heterocycles. The topological polar surface area (TPSA) is 93.3 Å². The van der Waals surface area contributed by atoms with Gasteiger partial charge in [0.05, 0.1) is 11.0 Å². The van der Waals surface area contributed by atoms with Crippen molar-refractivity contribution >= 4 is 22.8 Å². The minimum atomic E-state index is -0.654. The van der Waals surface area contributed by atoms with E-state index in [2.05, 4.69) is 5.32 Å². The van der Waals surface area contributed by atoms with E-state index in [9.17, 15) is 14.4 Å². The molecule has 3 rings (SSSR count). The second-order valence-electron chi connectivity index (χ2n) is 6.18. The van der Waals surface area contributed by atoms with Crippen LogP contribution in [-0.2, 0) is 23.1 Å². The Morgan fingerprint density at radius 2 is 2.00 bits per heavy atom. The van der Waals surface area contributed by atoms with Crippen molar-refractivity contribution in [3.63, 3.8) is 0 Å². The van der Waals surface area contributed by atoms with Crippen molar-refractivity contribution in [2.75, 3.05) is 6.61 Å². The number of hydrogen-bond donors (Lipinski definition) is 2. The Labute approximate surface area is 138 Å². The molecule has 24 heavy (non-hydrogen) atoms. The van der Waals surface area contributed by atoms with Gasteiger partial charge in [-0.05, 0) is 43.4 Å². The highest BCUT2D eigenvalue weighted by atomic mass is 16.3. The number of hydrogen-bond acceptors (Lipinski definition) is 4. The summed E-state index contributed by atoms with van der Waals surface area (Å²) in [5, 5.41) is 11.2. The molecule has 128 valence electrons. The number of fused-ring (bicyclic) bond motifs is 1. The van der Waals surface area contributed by atoms with Gasteiger partial charge in [-0.25, -0.2) is 4.79 Å². The quantitative estimate of drug-likeness (QED) is 0.621. The molecule has 0 bridgehead atoms. The lowest BCUT2D eigenvalue weighted by Gasteiger charge is -2.21. The van der Waals surface area contributed by atoms with Gasteiger partial charge in [-0.1, -0.05) is 6.07 Å². The van der Waals surface area contributed by atoms with Crippen LogP contribution in [0.4, 0.5) is 0 Å². The van der Waals surface area contributed by atoms with Gasteiger partial charge in [0.25, 0.3) is 0 Å². The minimum absolute atomic E-state index is 0.173. The Bertz CT molecular complexity index is 849. The van der Waals surface area contributed by atoms with Crippen LogP contribution in [-0.4, -0.2) is 32.7 Å². The molecule has 0 aliphatic carbocycles. The van der Waals surface area contributed by atoms with Gasteiger partial charge in [0.1, 0.15) is 6.04 Å². The molecule has 1 aliphatic heterocycles. The van der Waals surface area contributed by atoms with E-state index in [1.807, 2.05) is 18.2 Å². The maximum atomic E-state index is 12.6. The molecule has 7 heteroatoms. The van der Waals surface area contributed by atoms with Crippen molar-refractivity contribution in [2.45, 2.75) is 38.1 Å². The predicted octanol–water partition coefficient (Wildman–Crippen LogP) is 0.633. The SMILES string of the molecule is Cn1c(=O)n(C2CCC(=O)NC2=O)c2ccc(CCCCO)cc21. The first-order valence-corrected chi connectivity index (χ1v) is 8.17. The van der Waals surface area contributed by atoms with E-state index in [1.54, 1.807) is 7.05 Å². The zero-order valence-electron chi connectivity index (χ0n) is 13.6. The minimum Gasteiger partial charge on any atom is -0.396 e. The maximum Gasteiger partial charge on any atom is 0.329 e. The Balaban J connectivity index is 2.00. The number of nitrogens with one attached hydrogen (secondary N) is 1. The molecule has 7 nitrogen and oxygen atoms in total. The Hall–Kier alpha value is -2.41. The fourth-order valence-electron chi connectivity index (χ4n) is 3.24. The lowest BCUT2D eigenvalue weighted by molar-refractivity contribution is -0.135. The highest BCUT2D eigenvalue weighted by Gasteiger charge is 2.31. The lowest BCUT2D eigenvalue weighted by atomic mass is 10.0. The fourth-order valence-corrected chi connectivity index (χ4v) is 3.24. The number of aliphatic hydroxyl groups is 1. The summed E-state index contributed by atoms with van der Waals surface area (Å²) in [6.45, 7) is 0.173. The van der Waals surface area contributed by atoms with Crippen molar-refractivity contribution in [3.05, 3.63) is 34.2 Å². The summed E-state index contributed by atoms with van der Waals surface area (Å²) >= 11 is 0. The summed E-state index contributed by atoms with van der Waals surface area (Å²) in [5.74, 6) is -0.719. The number of carbonyl (C=O) groups excluding carboxylic acids is 2. The largest absolute Gasteiger partial charge is 0.396 e. The number of aromatic nitrogens is 2. The number of benzene rings is 1. The smallest absolute Gasteiger partial charge is 0.329 e. The fraction of sp³-hybridized carbons (Fsp3) is 0.471. The van der Waals surface area contributed by atoms with Crippen LogP contribution in [0, 0.1) is 0 Å². The number of amides is 2. The molecule has 1 unspecified atom stereocenters. The summed E-state index contributed by atoms with van der Waals surface area (Å²) in [6.07, 6.45) is 3.02. The summed E-state index contributed by atoms with van der Waals surface area (Å²) in [7, 11) is 1.69. The molecule has 0 radical (unpaired) electrons. The summed E-state index contributed by atoms with van der Waals surface area (Å²) in [6, 6.07) is 5.10. The molecule has 0 saturated carbocycles. The number of unbranched alkanes of at least 4 members (excludes halogenated alkanes) is 1. The average molecular weight is 331 g/mol. The van der Waals surface area contributed by atoms with Crippen LogP contribution in [0.15, 0.2) is 23.0 Å². The van der Waals surface area contributed by atoms with Crippen LogP contribution in [0.2, 0.25) is 0 Å². The van der Waals surface area contributed by atoms with Crippen molar-refractivity contribution in [1.82, 2.24) is 14.5 Å². The molecule has 1 aromatic carbocycles. The summed E-state index contributed by atoms with van der Waals surface area (Å²) in [4.78, 5) is 36.1. The van der Waals surface area contributed by atoms with Gasteiger partial charge >= 0.3 is 5.69 Å². The number of rotatable bonds is 5. The van der Waals surface area contributed by atoms with Gasteiger partial charge in [0.15, 0.2) is 0 Å². The standard InChI is InChI=1S/C17H21N3O4/c1-19-14-10-11(4-2-3-9-21)5-6-12(14)20(17(19)24)13-7-8-15(22)18-16(13)23/h5-6,10,13,21H,2-4,7-9H2,1H3,(H,18,22,23). The average Bonchev–Trinajstić information content (AvgIpc) is 2.80. The molecule has 2 amide bonds. The lowest BCUT2D eigenvalue weighted by Crippen LogP contribution is -2.44. The van der Waals surface area contributed by atoms with Gasteiger partial charge in [0.2, 0.25) is 11.8 Å². The molecule has 0 spiro atoms. The zero-order valence-corrected chi connectivity index (χ0v) is 13.6. The van der Waals surface area contributed by atoms with E-state index in [0.29, 0.717) is 11.9 Å². The van der Waals surface area contributed by atoms with Gasteiger partial charge in [-0.2, -0.15) is 0 Å². The predicted molar refractivity (Wildman–Crippen MR) is 88.6 cm³/mol. The molecule has 1 fully saturated rings. The van der Waals surface area contributed by atoms with Crippen LogP contribution in [0.3, 0.4) is 0 Å². The number of imidazole rings is 1. The van der Waals surface area contributed by atoms with Gasteiger partial charge in [0, 0.05) is 20.1 Å². The van der Waals surface area contributed by atoms with Gasteiger partial charge < -0.3 is 5.11 Å². The first-order chi connectivity index (χ1) is 11.5. The van der Waals surface area contributed by atoms with Crippen molar-refractivity contribution in [3.8, 4) is 0 Å². The van der Waals surface area contributed by atoms with Crippen molar-refractivity contribution < 1.29 is 14.7 Å². The molecule has 1 atom stereocenters. The van der Waals surface area contributed by atoms with Gasteiger partial charge in [-0.3, -0.25) is 24.0 Å². The van der Waals surface area contributed by atoms with Crippen LogP contribution in [0.5, 0.6) is 0 Å². The Kier molecular flexibility index (Phi) is 4.53. The van der Waals surface area contributed by atoms with Crippen molar-refractivity contribution in [2.24, 2.45) is 7.05 Å². The van der Waals surface area contributed by atoms with Crippen molar-refractivity contribution in [1.29, 1.82) is 0 Å². The molecular formula is C17H21N3O4. The molecule has 1 aromatic heterocycles. The molecule has 1 aliphatic rings. The summed E-state index contributed by atoms with van der Waals surface area (Å²) < 4.78 is 3.02. The third kappa shape index (κ3) is 2.87. The third-order valence-electron chi connectivity index (χ3n) is 4.55. The van der Waals surface area contributed by atoms with E-state index in [4.69, 9.17) is 5.11 Å². The Morgan fingerprint density at radius 3 is 2.71 bits per heavy atom. The summed E-state index contributed by atoms with van der Waals surface area (Å²) in [5.41, 5.74) is 2.30. The first kappa shape index (κ1) is 16.4. The van der Waals surface area contributed by atoms with E-state index in [0.717, 1.165) is 30.3 Å². The Morgan fingerprint density at radius 1 is 1.21 bits per heavy atom. The normalized spacial score (nSPS) is 18.2. The van der Waals surface area contributed by atoms with E-state index in [-0.39, 0.29) is 24.6 Å². The van der Waals surface area contributed by atoms with Crippen LogP contribution >= 0.6 is 0 Å². The van der Waals surface area contributed by atoms with Crippen LogP contribution < -0.4 is 11.0 Å². The van der Waals surface area contributed by atoms with E-state index < -0.39 is 11.9 Å². The van der Waals surface area contributed by atoms with Gasteiger partial charge in [-0.15, -0.1) is 0 Å². The molecule has 2 N–H and O–H groups in total. The number of aliphatic hydroxyl groups excluding tert-OH is 1. The second-order valence-corrected chi connectivity index (χ2v) is 6.18. The zero-order chi connectivity index (χ0) is 17.3. The second kappa shape index (κ2) is 6.60. The molecule has 2 heterocycles.